The molecule has 1 fully saturated rings. The minimum Gasteiger partial charge on any atom is -0.370 e. The van der Waals surface area contributed by atoms with Crippen molar-refractivity contribution in [1.29, 1.82) is 0 Å². The van der Waals surface area contributed by atoms with E-state index in [0.717, 1.165) is 12.3 Å². The van der Waals surface area contributed by atoms with Crippen LogP contribution in [0, 0.1) is 11.8 Å². The molecule has 0 aromatic carbocycles. The number of rotatable bonds is 4. The van der Waals surface area contributed by atoms with Gasteiger partial charge in [-0.15, -0.1) is 0 Å². The van der Waals surface area contributed by atoms with Crippen molar-refractivity contribution in [2.24, 2.45) is 11.8 Å². The Morgan fingerprint density at radius 3 is 2.76 bits per heavy atom. The molecule has 0 spiro atoms. The van der Waals surface area contributed by atoms with Crippen LogP contribution < -0.4 is 5.32 Å². The third-order valence-electron chi connectivity index (χ3n) is 3.85. The first-order chi connectivity index (χ1) is 9.84. The highest BCUT2D eigenvalue weighted by atomic mass is 35.5. The van der Waals surface area contributed by atoms with E-state index in [-0.39, 0.29) is 11.0 Å². The third-order valence-corrected chi connectivity index (χ3v) is 4.05. The molecule has 1 aromatic rings. The topological polar surface area (TPSA) is 37.8 Å². The van der Waals surface area contributed by atoms with Crippen LogP contribution in [0.1, 0.15) is 44.9 Å². The van der Waals surface area contributed by atoms with Crippen LogP contribution in [-0.4, -0.2) is 16.5 Å². The monoisotopic (exact) mass is 321 g/mol. The normalized spacial score (nSPS) is 23.1. The van der Waals surface area contributed by atoms with E-state index in [9.17, 15) is 13.2 Å². The second-order valence-electron chi connectivity index (χ2n) is 5.75. The van der Waals surface area contributed by atoms with Gasteiger partial charge in [-0.05, 0) is 24.7 Å². The standard InChI is InChI=1S/C14H19ClF3N3/c1-9-3-2-4-10(7-9)5-6-19-12-8-11(15)20-13(21-12)14(16,17)18/h8-10H,2-7H2,1H3,(H,19,20,21). The maximum Gasteiger partial charge on any atom is 0.451 e. The van der Waals surface area contributed by atoms with Crippen molar-refractivity contribution in [2.75, 3.05) is 11.9 Å². The quantitative estimate of drug-likeness (QED) is 0.811. The number of halogens is 4. The summed E-state index contributed by atoms with van der Waals surface area (Å²) in [6, 6.07) is 1.32. The summed E-state index contributed by atoms with van der Waals surface area (Å²) in [5.74, 6) is 0.310. The SMILES string of the molecule is CC1CCCC(CCNc2cc(Cl)nc(C(F)(F)F)n2)C1. The molecule has 1 aromatic heterocycles. The molecule has 0 aliphatic heterocycles. The lowest BCUT2D eigenvalue weighted by atomic mass is 9.81. The number of hydrogen-bond donors (Lipinski definition) is 1. The van der Waals surface area contributed by atoms with Gasteiger partial charge in [0.2, 0.25) is 5.82 Å². The number of anilines is 1. The van der Waals surface area contributed by atoms with E-state index in [4.69, 9.17) is 11.6 Å². The summed E-state index contributed by atoms with van der Waals surface area (Å²) in [6.45, 7) is 2.85. The predicted octanol–water partition coefficient (Wildman–Crippen LogP) is 4.78. The fourth-order valence-electron chi connectivity index (χ4n) is 2.86. The first kappa shape index (κ1) is 16.3. The zero-order chi connectivity index (χ0) is 15.5. The molecular weight excluding hydrogens is 303 g/mol. The molecule has 1 heterocycles. The molecule has 2 unspecified atom stereocenters. The first-order valence-corrected chi connectivity index (χ1v) is 7.58. The van der Waals surface area contributed by atoms with Gasteiger partial charge in [-0.1, -0.05) is 37.8 Å². The summed E-state index contributed by atoms with van der Waals surface area (Å²) in [5, 5.41) is 2.72. The van der Waals surface area contributed by atoms with E-state index in [1.54, 1.807) is 0 Å². The van der Waals surface area contributed by atoms with Gasteiger partial charge >= 0.3 is 6.18 Å². The van der Waals surface area contributed by atoms with E-state index in [1.165, 1.54) is 31.7 Å². The molecule has 7 heteroatoms. The lowest BCUT2D eigenvalue weighted by Crippen LogP contribution is -2.18. The highest BCUT2D eigenvalue weighted by molar-refractivity contribution is 6.29. The molecular formula is C14H19ClF3N3. The highest BCUT2D eigenvalue weighted by Gasteiger charge is 2.35. The maximum absolute atomic E-state index is 12.6. The van der Waals surface area contributed by atoms with Crippen molar-refractivity contribution < 1.29 is 13.2 Å². The van der Waals surface area contributed by atoms with E-state index >= 15 is 0 Å². The zero-order valence-electron chi connectivity index (χ0n) is 11.9. The Labute approximate surface area is 127 Å². The van der Waals surface area contributed by atoms with Gasteiger partial charge in [0.25, 0.3) is 0 Å². The Bertz CT molecular complexity index is 479. The Hall–Kier alpha value is -1.04. The van der Waals surface area contributed by atoms with Gasteiger partial charge in [-0.25, -0.2) is 9.97 Å². The predicted molar refractivity (Wildman–Crippen MR) is 76.3 cm³/mol. The lowest BCUT2D eigenvalue weighted by molar-refractivity contribution is -0.144. The molecule has 1 N–H and O–H groups in total. The highest BCUT2D eigenvalue weighted by Crippen LogP contribution is 2.31. The van der Waals surface area contributed by atoms with Crippen LogP contribution >= 0.6 is 11.6 Å². The van der Waals surface area contributed by atoms with Crippen LogP contribution in [0.3, 0.4) is 0 Å². The molecule has 2 rings (SSSR count). The Morgan fingerprint density at radius 2 is 2.10 bits per heavy atom. The Kier molecular flexibility index (Phi) is 5.30. The molecule has 0 amide bonds. The molecule has 0 bridgehead atoms. The number of hydrogen-bond acceptors (Lipinski definition) is 3. The number of alkyl halides is 3. The van der Waals surface area contributed by atoms with Crippen LogP contribution in [0.5, 0.6) is 0 Å². The fraction of sp³-hybridized carbons (Fsp3) is 0.714. The smallest absolute Gasteiger partial charge is 0.370 e. The van der Waals surface area contributed by atoms with Crippen molar-refractivity contribution in [3.63, 3.8) is 0 Å². The number of nitrogens with one attached hydrogen (secondary N) is 1. The van der Waals surface area contributed by atoms with Gasteiger partial charge in [0.1, 0.15) is 11.0 Å². The van der Waals surface area contributed by atoms with Gasteiger partial charge in [0.05, 0.1) is 0 Å². The van der Waals surface area contributed by atoms with Gasteiger partial charge < -0.3 is 5.32 Å². The lowest BCUT2D eigenvalue weighted by Gasteiger charge is -2.26. The van der Waals surface area contributed by atoms with E-state index in [2.05, 4.69) is 22.2 Å². The van der Waals surface area contributed by atoms with Gasteiger partial charge in [-0.2, -0.15) is 13.2 Å². The average Bonchev–Trinajstić information content (AvgIpc) is 2.37. The zero-order valence-corrected chi connectivity index (χ0v) is 12.6. The fourth-order valence-corrected chi connectivity index (χ4v) is 3.04. The number of nitrogens with zero attached hydrogens (tertiary/aromatic N) is 2. The van der Waals surface area contributed by atoms with Gasteiger partial charge in [-0.3, -0.25) is 0 Å². The van der Waals surface area contributed by atoms with E-state index in [0.29, 0.717) is 12.5 Å². The van der Waals surface area contributed by atoms with Crippen LogP contribution in [0.15, 0.2) is 6.07 Å². The molecule has 118 valence electrons. The largest absolute Gasteiger partial charge is 0.451 e. The summed E-state index contributed by atoms with van der Waals surface area (Å²) >= 11 is 5.61. The van der Waals surface area contributed by atoms with Crippen molar-refractivity contribution in [1.82, 2.24) is 9.97 Å². The van der Waals surface area contributed by atoms with Gasteiger partial charge in [0.15, 0.2) is 0 Å². The summed E-state index contributed by atoms with van der Waals surface area (Å²) in [7, 11) is 0. The minimum absolute atomic E-state index is 0.131. The van der Waals surface area contributed by atoms with E-state index < -0.39 is 12.0 Å². The van der Waals surface area contributed by atoms with Crippen molar-refractivity contribution in [3.8, 4) is 0 Å². The van der Waals surface area contributed by atoms with Crippen LogP contribution in [0.25, 0.3) is 0 Å². The average molecular weight is 322 g/mol. The molecule has 2 atom stereocenters. The summed E-state index contributed by atoms with van der Waals surface area (Å²) in [6.07, 6.45) is 1.27. The van der Waals surface area contributed by atoms with Crippen LogP contribution in [-0.2, 0) is 6.18 Å². The molecule has 21 heavy (non-hydrogen) atoms. The first-order valence-electron chi connectivity index (χ1n) is 7.20. The molecule has 1 saturated carbocycles. The molecule has 1 aliphatic rings. The Morgan fingerprint density at radius 1 is 1.33 bits per heavy atom. The Balaban J connectivity index is 1.89. The van der Waals surface area contributed by atoms with Gasteiger partial charge in [0, 0.05) is 12.6 Å². The number of aromatic nitrogens is 2. The summed E-state index contributed by atoms with van der Waals surface area (Å²) in [4.78, 5) is 6.67. The molecule has 0 radical (unpaired) electrons. The minimum atomic E-state index is -4.58. The second-order valence-corrected chi connectivity index (χ2v) is 6.14. The van der Waals surface area contributed by atoms with Crippen molar-refractivity contribution in [3.05, 3.63) is 17.0 Å². The summed E-state index contributed by atoms with van der Waals surface area (Å²) in [5.41, 5.74) is 0. The van der Waals surface area contributed by atoms with Crippen LogP contribution in [0.2, 0.25) is 5.15 Å². The molecule has 0 saturated heterocycles. The van der Waals surface area contributed by atoms with Crippen molar-refractivity contribution >= 4 is 17.4 Å². The van der Waals surface area contributed by atoms with Crippen LogP contribution in [0.4, 0.5) is 19.0 Å². The third kappa shape index (κ3) is 5.02. The maximum atomic E-state index is 12.6. The second kappa shape index (κ2) is 6.81. The van der Waals surface area contributed by atoms with Crippen molar-refractivity contribution in [2.45, 2.75) is 45.2 Å². The molecule has 1 aliphatic carbocycles. The van der Waals surface area contributed by atoms with E-state index in [1.807, 2.05) is 0 Å². The molecule has 3 nitrogen and oxygen atoms in total. The summed E-state index contributed by atoms with van der Waals surface area (Å²) < 4.78 is 37.8.